The highest BCUT2D eigenvalue weighted by atomic mass is 16.7. The van der Waals surface area contributed by atoms with E-state index < -0.39 is 6.29 Å². The first-order valence-electron chi connectivity index (χ1n) is 8.79. The van der Waals surface area contributed by atoms with Crippen LogP contribution in [0.25, 0.3) is 0 Å². The van der Waals surface area contributed by atoms with Crippen molar-refractivity contribution in [1.82, 2.24) is 0 Å². The topological polar surface area (TPSA) is 77.4 Å². The molecule has 1 saturated heterocycles. The average Bonchev–Trinajstić information content (AvgIpc) is 2.62. The van der Waals surface area contributed by atoms with E-state index in [1.54, 1.807) is 36.4 Å². The molecule has 2 aromatic rings. The highest BCUT2D eigenvalue weighted by Crippen LogP contribution is 2.36. The van der Waals surface area contributed by atoms with Gasteiger partial charge in [-0.25, -0.2) is 0 Å². The predicted molar refractivity (Wildman–Crippen MR) is 95.4 cm³/mol. The van der Waals surface area contributed by atoms with Gasteiger partial charge in [0.25, 0.3) is 0 Å². The number of ether oxygens (including phenoxy) is 4. The molecule has 26 heavy (non-hydrogen) atoms. The van der Waals surface area contributed by atoms with E-state index in [0.29, 0.717) is 18.1 Å². The van der Waals surface area contributed by atoms with Gasteiger partial charge >= 0.3 is 0 Å². The first kappa shape index (κ1) is 18.4. The molecule has 1 aliphatic heterocycles. The monoisotopic (exact) mass is 360 g/mol. The van der Waals surface area contributed by atoms with Gasteiger partial charge in [0.1, 0.15) is 23.0 Å². The van der Waals surface area contributed by atoms with Crippen molar-refractivity contribution in [3.05, 3.63) is 48.0 Å². The number of phenols is 2. The first-order chi connectivity index (χ1) is 12.6. The van der Waals surface area contributed by atoms with Crippen molar-refractivity contribution in [2.75, 3.05) is 13.4 Å². The average molecular weight is 360 g/mol. The summed E-state index contributed by atoms with van der Waals surface area (Å²) in [6.07, 6.45) is 1.91. The molecular weight excluding hydrogens is 336 g/mol. The number of aromatic hydroxyl groups is 2. The third-order valence-corrected chi connectivity index (χ3v) is 4.11. The highest BCUT2D eigenvalue weighted by Gasteiger charge is 2.26. The van der Waals surface area contributed by atoms with Crippen LogP contribution in [-0.4, -0.2) is 29.9 Å². The smallest absolute Gasteiger partial charge is 0.200 e. The van der Waals surface area contributed by atoms with Crippen LogP contribution in [0.4, 0.5) is 0 Å². The molecule has 0 amide bonds. The van der Waals surface area contributed by atoms with Crippen LogP contribution >= 0.6 is 0 Å². The fraction of sp³-hybridized carbons (Fsp3) is 0.400. The van der Waals surface area contributed by atoms with Gasteiger partial charge in [0.2, 0.25) is 0 Å². The molecule has 0 aliphatic carbocycles. The van der Waals surface area contributed by atoms with E-state index in [0.717, 1.165) is 24.8 Å². The molecule has 0 saturated carbocycles. The largest absolute Gasteiger partial charge is 0.508 e. The second kappa shape index (κ2) is 8.78. The molecular formula is C20H24O6. The molecule has 6 heteroatoms. The fourth-order valence-electron chi connectivity index (χ4n) is 2.90. The fourth-order valence-corrected chi connectivity index (χ4v) is 2.90. The Hall–Kier alpha value is -2.44. The summed E-state index contributed by atoms with van der Waals surface area (Å²) in [5.41, 5.74) is 0.834. The maximum Gasteiger partial charge on any atom is 0.200 e. The number of hydrogen-bond donors (Lipinski definition) is 2. The predicted octanol–water partition coefficient (Wildman–Crippen LogP) is 4.12. The summed E-state index contributed by atoms with van der Waals surface area (Å²) < 4.78 is 22.6. The van der Waals surface area contributed by atoms with Crippen LogP contribution in [0.1, 0.15) is 37.9 Å². The molecule has 0 bridgehead atoms. The van der Waals surface area contributed by atoms with Gasteiger partial charge in [0.05, 0.1) is 6.10 Å². The van der Waals surface area contributed by atoms with Gasteiger partial charge < -0.3 is 29.2 Å². The SMILES string of the molecule is CCOCOc1cc(O)cc(C2CCCC(Oc3cccc(O)c3)O2)c1. The van der Waals surface area contributed by atoms with Gasteiger partial charge in [-0.3, -0.25) is 0 Å². The number of rotatable bonds is 7. The molecule has 2 unspecified atom stereocenters. The number of hydrogen-bond acceptors (Lipinski definition) is 6. The summed E-state index contributed by atoms with van der Waals surface area (Å²) in [4.78, 5) is 0. The van der Waals surface area contributed by atoms with Gasteiger partial charge in [-0.05, 0) is 49.6 Å². The lowest BCUT2D eigenvalue weighted by Crippen LogP contribution is -2.27. The summed E-state index contributed by atoms with van der Waals surface area (Å²) in [6.45, 7) is 2.58. The van der Waals surface area contributed by atoms with Crippen LogP contribution < -0.4 is 9.47 Å². The van der Waals surface area contributed by atoms with Crippen molar-refractivity contribution in [2.24, 2.45) is 0 Å². The molecule has 1 fully saturated rings. The van der Waals surface area contributed by atoms with Gasteiger partial charge in [-0.15, -0.1) is 0 Å². The van der Waals surface area contributed by atoms with E-state index in [1.165, 1.54) is 0 Å². The lowest BCUT2D eigenvalue weighted by molar-refractivity contribution is -0.149. The molecule has 1 aliphatic rings. The third kappa shape index (κ3) is 5.03. The first-order valence-corrected chi connectivity index (χ1v) is 8.79. The lowest BCUT2D eigenvalue weighted by atomic mass is 10.0. The maximum atomic E-state index is 9.98. The van der Waals surface area contributed by atoms with Crippen molar-refractivity contribution in [3.8, 4) is 23.0 Å². The molecule has 0 spiro atoms. The highest BCUT2D eigenvalue weighted by molar-refractivity contribution is 5.38. The summed E-state index contributed by atoms with van der Waals surface area (Å²) in [5, 5.41) is 19.5. The summed E-state index contributed by atoms with van der Waals surface area (Å²) in [6, 6.07) is 11.7. The molecule has 140 valence electrons. The number of benzene rings is 2. The Morgan fingerprint density at radius 2 is 1.88 bits per heavy atom. The Labute approximate surface area is 152 Å². The molecule has 3 rings (SSSR count). The Morgan fingerprint density at radius 1 is 1.04 bits per heavy atom. The minimum Gasteiger partial charge on any atom is -0.508 e. The zero-order valence-corrected chi connectivity index (χ0v) is 14.8. The van der Waals surface area contributed by atoms with Crippen molar-refractivity contribution < 1.29 is 29.2 Å². The van der Waals surface area contributed by atoms with Crippen molar-refractivity contribution >= 4 is 0 Å². The van der Waals surface area contributed by atoms with E-state index in [9.17, 15) is 10.2 Å². The van der Waals surface area contributed by atoms with Crippen molar-refractivity contribution in [1.29, 1.82) is 0 Å². The second-order valence-corrected chi connectivity index (χ2v) is 6.12. The van der Waals surface area contributed by atoms with Gasteiger partial charge in [0.15, 0.2) is 13.1 Å². The lowest BCUT2D eigenvalue weighted by Gasteiger charge is -2.30. The van der Waals surface area contributed by atoms with E-state index in [4.69, 9.17) is 18.9 Å². The van der Waals surface area contributed by atoms with E-state index in [-0.39, 0.29) is 24.4 Å². The van der Waals surface area contributed by atoms with Gasteiger partial charge in [-0.1, -0.05) is 6.07 Å². The normalized spacial score (nSPS) is 19.9. The van der Waals surface area contributed by atoms with Crippen LogP contribution in [-0.2, 0) is 9.47 Å². The Morgan fingerprint density at radius 3 is 2.69 bits per heavy atom. The Kier molecular flexibility index (Phi) is 6.20. The van der Waals surface area contributed by atoms with Crippen LogP contribution in [0.5, 0.6) is 23.0 Å². The Balaban J connectivity index is 1.66. The molecule has 0 radical (unpaired) electrons. The molecule has 6 nitrogen and oxygen atoms in total. The zero-order chi connectivity index (χ0) is 18.4. The van der Waals surface area contributed by atoms with Crippen LogP contribution in [0, 0.1) is 0 Å². The molecule has 2 N–H and O–H groups in total. The maximum absolute atomic E-state index is 9.98. The van der Waals surface area contributed by atoms with Gasteiger partial charge in [-0.2, -0.15) is 0 Å². The van der Waals surface area contributed by atoms with Gasteiger partial charge in [0, 0.05) is 25.2 Å². The summed E-state index contributed by atoms with van der Waals surface area (Å²) >= 11 is 0. The molecule has 2 atom stereocenters. The minimum atomic E-state index is -0.411. The minimum absolute atomic E-state index is 0.119. The van der Waals surface area contributed by atoms with E-state index in [2.05, 4.69) is 0 Å². The quantitative estimate of drug-likeness (QED) is 0.571. The zero-order valence-electron chi connectivity index (χ0n) is 14.8. The van der Waals surface area contributed by atoms with Crippen molar-refractivity contribution in [3.63, 3.8) is 0 Å². The molecule has 2 aromatic carbocycles. The van der Waals surface area contributed by atoms with Crippen LogP contribution in [0.2, 0.25) is 0 Å². The standard InChI is InChI=1S/C20H24O6/c1-2-23-13-24-18-10-14(9-16(22)12-18)19-7-4-8-20(26-19)25-17-6-3-5-15(21)11-17/h3,5-6,9-12,19-22H,2,4,7-8,13H2,1H3. The van der Waals surface area contributed by atoms with E-state index >= 15 is 0 Å². The summed E-state index contributed by atoms with van der Waals surface area (Å²) in [7, 11) is 0. The Bertz CT molecular complexity index is 717. The molecule has 0 aromatic heterocycles. The second-order valence-electron chi connectivity index (χ2n) is 6.12. The molecule has 1 heterocycles. The van der Waals surface area contributed by atoms with Crippen LogP contribution in [0.15, 0.2) is 42.5 Å². The third-order valence-electron chi connectivity index (χ3n) is 4.11. The summed E-state index contributed by atoms with van der Waals surface area (Å²) in [5.74, 6) is 1.37. The van der Waals surface area contributed by atoms with Crippen LogP contribution in [0.3, 0.4) is 0 Å². The number of phenolic OH excluding ortho intramolecular Hbond substituents is 2. The van der Waals surface area contributed by atoms with E-state index in [1.807, 2.05) is 13.0 Å². The van der Waals surface area contributed by atoms with Crippen molar-refractivity contribution in [2.45, 2.75) is 38.6 Å².